The number of amides is 2. The molecule has 0 aromatic heterocycles. The van der Waals surface area contributed by atoms with Crippen molar-refractivity contribution in [3.8, 4) is 11.8 Å². The van der Waals surface area contributed by atoms with Gasteiger partial charge in [-0.15, -0.1) is 0 Å². The summed E-state index contributed by atoms with van der Waals surface area (Å²) in [6.07, 6.45) is 0. The van der Waals surface area contributed by atoms with Crippen LogP contribution in [0.15, 0.2) is 24.3 Å². The van der Waals surface area contributed by atoms with Gasteiger partial charge in [-0.2, -0.15) is 0 Å². The summed E-state index contributed by atoms with van der Waals surface area (Å²) in [5.74, 6) is 5.50. The van der Waals surface area contributed by atoms with E-state index in [1.54, 1.807) is 4.90 Å². The molecule has 0 heterocycles. The van der Waals surface area contributed by atoms with Crippen LogP contribution in [0.3, 0.4) is 0 Å². The van der Waals surface area contributed by atoms with Gasteiger partial charge in [-0.3, -0.25) is 0 Å². The molecule has 2 N–H and O–H groups in total. The van der Waals surface area contributed by atoms with E-state index in [9.17, 15) is 4.79 Å². The van der Waals surface area contributed by atoms with Gasteiger partial charge in [0.1, 0.15) is 6.61 Å². The summed E-state index contributed by atoms with van der Waals surface area (Å²) < 4.78 is 0. The molecule has 0 saturated heterocycles. The van der Waals surface area contributed by atoms with Crippen LogP contribution < -0.4 is 5.32 Å². The molecule has 0 fully saturated rings. The van der Waals surface area contributed by atoms with Crippen molar-refractivity contribution in [2.75, 3.05) is 19.7 Å². The van der Waals surface area contributed by atoms with E-state index < -0.39 is 0 Å². The first-order valence-corrected chi connectivity index (χ1v) is 6.43. The predicted molar refractivity (Wildman–Crippen MR) is 75.6 cm³/mol. The summed E-state index contributed by atoms with van der Waals surface area (Å²) in [5, 5.41) is 11.6. The van der Waals surface area contributed by atoms with Crippen LogP contribution in [0.25, 0.3) is 0 Å². The number of aliphatic hydroxyl groups excluding tert-OH is 1. The first kappa shape index (κ1) is 15.1. The zero-order valence-corrected chi connectivity index (χ0v) is 11.4. The molecule has 4 nitrogen and oxygen atoms in total. The number of aliphatic hydroxyl groups is 1. The van der Waals surface area contributed by atoms with E-state index in [1.165, 1.54) is 0 Å². The number of urea groups is 1. The zero-order chi connectivity index (χ0) is 14.1. The third-order valence-corrected chi connectivity index (χ3v) is 2.80. The summed E-state index contributed by atoms with van der Waals surface area (Å²) >= 11 is 0. The van der Waals surface area contributed by atoms with Crippen LogP contribution in [0.2, 0.25) is 0 Å². The lowest BCUT2D eigenvalue weighted by Crippen LogP contribution is -2.39. The Labute approximate surface area is 114 Å². The SMILES string of the molecule is CCN(CC)C(=O)NCc1ccccc1C#CCO. The monoisotopic (exact) mass is 260 g/mol. The molecule has 0 aliphatic rings. The molecule has 4 heteroatoms. The number of carbonyl (C=O) groups excluding carboxylic acids is 1. The van der Waals surface area contributed by atoms with Crippen LogP contribution in [-0.4, -0.2) is 35.7 Å². The molecule has 19 heavy (non-hydrogen) atoms. The molecule has 0 aliphatic carbocycles. The summed E-state index contributed by atoms with van der Waals surface area (Å²) in [4.78, 5) is 13.6. The quantitative estimate of drug-likeness (QED) is 0.808. The van der Waals surface area contributed by atoms with Gasteiger partial charge in [0.05, 0.1) is 0 Å². The van der Waals surface area contributed by atoms with E-state index in [0.29, 0.717) is 19.6 Å². The van der Waals surface area contributed by atoms with Gasteiger partial charge in [0.25, 0.3) is 0 Å². The summed E-state index contributed by atoms with van der Waals surface area (Å²) in [6.45, 7) is 5.54. The molecule has 1 aromatic rings. The molecule has 0 aliphatic heterocycles. The van der Waals surface area contributed by atoms with Gasteiger partial charge in [0.2, 0.25) is 0 Å². The Bertz CT molecular complexity index is 471. The van der Waals surface area contributed by atoms with E-state index in [1.807, 2.05) is 38.1 Å². The van der Waals surface area contributed by atoms with Crippen molar-refractivity contribution in [3.63, 3.8) is 0 Å². The Hall–Kier alpha value is -1.99. The topological polar surface area (TPSA) is 52.6 Å². The fourth-order valence-corrected chi connectivity index (χ4v) is 1.72. The number of carbonyl (C=O) groups is 1. The normalized spacial score (nSPS) is 9.42. The second-order valence-electron chi connectivity index (χ2n) is 3.95. The molecule has 1 rings (SSSR count). The number of rotatable bonds is 4. The van der Waals surface area contributed by atoms with Gasteiger partial charge in [-0.1, -0.05) is 30.0 Å². The first-order valence-electron chi connectivity index (χ1n) is 6.43. The minimum Gasteiger partial charge on any atom is -0.384 e. The van der Waals surface area contributed by atoms with Gasteiger partial charge in [0.15, 0.2) is 0 Å². The van der Waals surface area contributed by atoms with Crippen molar-refractivity contribution >= 4 is 6.03 Å². The number of benzene rings is 1. The van der Waals surface area contributed by atoms with Gasteiger partial charge in [0, 0.05) is 25.2 Å². The summed E-state index contributed by atoms with van der Waals surface area (Å²) in [7, 11) is 0. The van der Waals surface area contributed by atoms with Crippen LogP contribution in [0.4, 0.5) is 4.79 Å². The molecular formula is C15H20N2O2. The van der Waals surface area contributed by atoms with Crippen LogP contribution >= 0.6 is 0 Å². The van der Waals surface area contributed by atoms with Crippen LogP contribution in [0, 0.1) is 11.8 Å². The fraction of sp³-hybridized carbons (Fsp3) is 0.400. The molecule has 0 spiro atoms. The van der Waals surface area contributed by atoms with E-state index in [-0.39, 0.29) is 12.6 Å². The molecule has 2 amide bonds. The van der Waals surface area contributed by atoms with Gasteiger partial charge in [-0.05, 0) is 25.5 Å². The lowest BCUT2D eigenvalue weighted by molar-refractivity contribution is 0.203. The highest BCUT2D eigenvalue weighted by Gasteiger charge is 2.08. The molecule has 102 valence electrons. The van der Waals surface area contributed by atoms with Crippen LogP contribution in [0.1, 0.15) is 25.0 Å². The molecule has 0 atom stereocenters. The molecule has 0 bridgehead atoms. The van der Waals surface area contributed by atoms with E-state index in [0.717, 1.165) is 11.1 Å². The number of hydrogen-bond acceptors (Lipinski definition) is 2. The lowest BCUT2D eigenvalue weighted by atomic mass is 10.1. The lowest BCUT2D eigenvalue weighted by Gasteiger charge is -2.19. The Morgan fingerprint density at radius 3 is 2.63 bits per heavy atom. The van der Waals surface area contributed by atoms with E-state index in [4.69, 9.17) is 5.11 Å². The summed E-state index contributed by atoms with van der Waals surface area (Å²) in [6, 6.07) is 7.51. The average Bonchev–Trinajstić information content (AvgIpc) is 2.45. The highest BCUT2D eigenvalue weighted by molar-refractivity contribution is 5.74. The second kappa shape index (κ2) is 8.17. The van der Waals surface area contributed by atoms with Crippen molar-refractivity contribution in [2.45, 2.75) is 20.4 Å². The highest BCUT2D eigenvalue weighted by Crippen LogP contribution is 2.07. The van der Waals surface area contributed by atoms with Gasteiger partial charge in [-0.25, -0.2) is 4.79 Å². The van der Waals surface area contributed by atoms with E-state index in [2.05, 4.69) is 17.2 Å². The van der Waals surface area contributed by atoms with Crippen molar-refractivity contribution in [1.29, 1.82) is 0 Å². The van der Waals surface area contributed by atoms with Crippen molar-refractivity contribution < 1.29 is 9.90 Å². The minimum atomic E-state index is -0.167. The van der Waals surface area contributed by atoms with Crippen LogP contribution in [-0.2, 0) is 6.54 Å². The Morgan fingerprint density at radius 2 is 2.00 bits per heavy atom. The molecule has 0 unspecified atom stereocenters. The number of hydrogen-bond donors (Lipinski definition) is 2. The minimum absolute atomic E-state index is 0.0741. The maximum absolute atomic E-state index is 11.8. The van der Waals surface area contributed by atoms with Crippen molar-refractivity contribution in [1.82, 2.24) is 10.2 Å². The third kappa shape index (κ3) is 4.65. The molecule has 0 radical (unpaired) electrons. The Morgan fingerprint density at radius 1 is 1.32 bits per heavy atom. The van der Waals surface area contributed by atoms with Crippen LogP contribution in [0.5, 0.6) is 0 Å². The maximum Gasteiger partial charge on any atom is 0.317 e. The molecular weight excluding hydrogens is 240 g/mol. The first-order chi connectivity index (χ1) is 9.22. The Kier molecular flexibility index (Phi) is 6.48. The zero-order valence-electron chi connectivity index (χ0n) is 11.4. The van der Waals surface area contributed by atoms with Gasteiger partial charge >= 0.3 is 6.03 Å². The third-order valence-electron chi connectivity index (χ3n) is 2.80. The number of nitrogens with zero attached hydrogens (tertiary/aromatic N) is 1. The largest absolute Gasteiger partial charge is 0.384 e. The molecule has 1 aromatic carbocycles. The fourth-order valence-electron chi connectivity index (χ4n) is 1.72. The summed E-state index contributed by atoms with van der Waals surface area (Å²) in [5.41, 5.74) is 1.78. The van der Waals surface area contributed by atoms with E-state index >= 15 is 0 Å². The second-order valence-corrected chi connectivity index (χ2v) is 3.95. The van der Waals surface area contributed by atoms with Crippen molar-refractivity contribution in [2.24, 2.45) is 0 Å². The number of nitrogens with one attached hydrogen (secondary N) is 1. The highest BCUT2D eigenvalue weighted by atomic mass is 16.2. The average molecular weight is 260 g/mol. The van der Waals surface area contributed by atoms with Gasteiger partial charge < -0.3 is 15.3 Å². The Balaban J connectivity index is 2.70. The van der Waals surface area contributed by atoms with Crippen molar-refractivity contribution in [3.05, 3.63) is 35.4 Å². The maximum atomic E-state index is 11.8. The predicted octanol–water partition coefficient (Wildman–Crippen LogP) is 1.58. The smallest absolute Gasteiger partial charge is 0.317 e. The molecule has 0 saturated carbocycles. The standard InChI is InChI=1S/C15H20N2O2/c1-3-17(4-2)15(19)16-12-14-9-6-5-8-13(14)10-7-11-18/h5-6,8-9,18H,3-4,11-12H2,1-2H3,(H,16,19).